The van der Waals surface area contributed by atoms with Gasteiger partial charge in [0.15, 0.2) is 5.82 Å². The molecule has 2 aromatic heterocycles. The van der Waals surface area contributed by atoms with Gasteiger partial charge in [0.2, 0.25) is 0 Å². The minimum atomic E-state index is -4.60. The van der Waals surface area contributed by atoms with E-state index in [9.17, 15) is 22.7 Å². The fourth-order valence-corrected chi connectivity index (χ4v) is 4.46. The van der Waals surface area contributed by atoms with Crippen LogP contribution in [0.5, 0.6) is 0 Å². The predicted molar refractivity (Wildman–Crippen MR) is 140 cm³/mol. The maximum atomic E-state index is 14.2. The molecular weight excluding hydrogens is 512 g/mol. The van der Waals surface area contributed by atoms with Crippen molar-refractivity contribution in [3.8, 4) is 33.9 Å². The Hall–Kier alpha value is -4.09. The Balaban J connectivity index is 1.56. The highest BCUT2D eigenvalue weighted by atomic mass is 19.4. The van der Waals surface area contributed by atoms with Crippen LogP contribution >= 0.6 is 0 Å². The van der Waals surface area contributed by atoms with Crippen LogP contribution in [0.1, 0.15) is 25.0 Å². The molecule has 202 valence electrons. The van der Waals surface area contributed by atoms with Gasteiger partial charge in [-0.1, -0.05) is 24.3 Å². The molecule has 5 rings (SSSR count). The highest BCUT2D eigenvalue weighted by Gasteiger charge is 2.34. The van der Waals surface area contributed by atoms with Gasteiger partial charge < -0.3 is 20.0 Å². The molecule has 0 aliphatic rings. The largest absolute Gasteiger partial charge is 0.418 e. The molecule has 7 nitrogen and oxygen atoms in total. The Kier molecular flexibility index (Phi) is 6.73. The van der Waals surface area contributed by atoms with Crippen molar-refractivity contribution in [1.82, 2.24) is 30.0 Å². The second-order valence-corrected chi connectivity index (χ2v) is 10.1. The van der Waals surface area contributed by atoms with Gasteiger partial charge in [0.1, 0.15) is 18.0 Å². The standard InChI is InChI=1S/C28H26F4N6O/c1-27(2,39)14-33-13-16-9-22(28(30,31)32)24-23(10-16)35-25(36-24)18-6-4-5-17(11-18)20-8-7-19(29)12-21(20)26-37-34-15-38(26)3/h4-12,15,33,39H,13-14H2,1-3H3,(H,35,36). The van der Waals surface area contributed by atoms with Gasteiger partial charge in [-0.05, 0) is 60.9 Å². The van der Waals surface area contributed by atoms with Crippen molar-refractivity contribution >= 4 is 11.0 Å². The number of aromatic amines is 1. The van der Waals surface area contributed by atoms with E-state index in [0.29, 0.717) is 33.6 Å². The Bertz CT molecular complexity index is 1650. The highest BCUT2D eigenvalue weighted by Crippen LogP contribution is 2.37. The predicted octanol–water partition coefficient (Wildman–Crippen LogP) is 5.71. The molecule has 0 atom stereocenters. The van der Waals surface area contributed by atoms with Crippen LogP contribution in [0.3, 0.4) is 0 Å². The van der Waals surface area contributed by atoms with E-state index in [4.69, 9.17) is 0 Å². The third kappa shape index (κ3) is 5.69. The zero-order valence-corrected chi connectivity index (χ0v) is 21.4. The molecule has 0 aliphatic carbocycles. The van der Waals surface area contributed by atoms with Crippen molar-refractivity contribution < 1.29 is 22.7 Å². The molecule has 3 N–H and O–H groups in total. The summed E-state index contributed by atoms with van der Waals surface area (Å²) in [6, 6.07) is 14.1. The summed E-state index contributed by atoms with van der Waals surface area (Å²) >= 11 is 0. The topological polar surface area (TPSA) is 91.7 Å². The number of H-pyrrole nitrogens is 1. The Morgan fingerprint density at radius 2 is 1.77 bits per heavy atom. The molecule has 0 saturated heterocycles. The molecular formula is C28H26F4N6O. The van der Waals surface area contributed by atoms with E-state index < -0.39 is 23.2 Å². The number of rotatable bonds is 7. The zero-order valence-electron chi connectivity index (χ0n) is 21.4. The van der Waals surface area contributed by atoms with Crippen LogP contribution in [0.4, 0.5) is 17.6 Å². The normalized spacial score (nSPS) is 12.4. The number of imidazole rings is 1. The maximum Gasteiger partial charge on any atom is 0.418 e. The number of aromatic nitrogens is 5. The molecule has 0 fully saturated rings. The summed E-state index contributed by atoms with van der Waals surface area (Å²) in [5.74, 6) is 0.304. The quantitative estimate of drug-likeness (QED) is 0.231. The lowest BCUT2D eigenvalue weighted by molar-refractivity contribution is -0.136. The van der Waals surface area contributed by atoms with Crippen LogP contribution in [0.25, 0.3) is 44.9 Å². The van der Waals surface area contributed by atoms with E-state index in [2.05, 4.69) is 25.5 Å². The van der Waals surface area contributed by atoms with Gasteiger partial charge in [-0.2, -0.15) is 13.2 Å². The summed E-state index contributed by atoms with van der Waals surface area (Å²) in [7, 11) is 1.75. The van der Waals surface area contributed by atoms with Gasteiger partial charge >= 0.3 is 6.18 Å². The number of hydrogen-bond donors (Lipinski definition) is 3. The van der Waals surface area contributed by atoms with E-state index in [1.807, 2.05) is 6.07 Å². The lowest BCUT2D eigenvalue weighted by atomic mass is 9.97. The first-order valence-electron chi connectivity index (χ1n) is 12.2. The first kappa shape index (κ1) is 26.5. The molecule has 39 heavy (non-hydrogen) atoms. The molecule has 11 heteroatoms. The molecule has 2 heterocycles. The number of hydrogen-bond acceptors (Lipinski definition) is 5. The van der Waals surface area contributed by atoms with Crippen molar-refractivity contribution in [2.45, 2.75) is 32.2 Å². The van der Waals surface area contributed by atoms with Crippen LogP contribution in [0.2, 0.25) is 0 Å². The number of nitrogens with one attached hydrogen (secondary N) is 2. The number of alkyl halides is 3. The number of benzene rings is 3. The van der Waals surface area contributed by atoms with E-state index in [-0.39, 0.29) is 29.9 Å². The van der Waals surface area contributed by atoms with Crippen LogP contribution in [0.15, 0.2) is 60.9 Å². The van der Waals surface area contributed by atoms with E-state index in [1.165, 1.54) is 18.5 Å². The zero-order chi connectivity index (χ0) is 27.9. The average molecular weight is 539 g/mol. The maximum absolute atomic E-state index is 14.2. The molecule has 3 aromatic carbocycles. The van der Waals surface area contributed by atoms with Crippen molar-refractivity contribution in [3.63, 3.8) is 0 Å². The van der Waals surface area contributed by atoms with Crippen LogP contribution in [-0.2, 0) is 19.8 Å². The van der Waals surface area contributed by atoms with E-state index >= 15 is 0 Å². The van der Waals surface area contributed by atoms with E-state index in [0.717, 1.165) is 6.07 Å². The number of nitrogens with zero attached hydrogens (tertiary/aromatic N) is 4. The summed E-state index contributed by atoms with van der Waals surface area (Å²) in [5.41, 5.74) is 1.11. The molecule has 0 amide bonds. The van der Waals surface area contributed by atoms with Crippen molar-refractivity contribution in [3.05, 3.63) is 77.9 Å². The molecule has 0 spiro atoms. The smallest absolute Gasteiger partial charge is 0.389 e. The van der Waals surface area contributed by atoms with Crippen molar-refractivity contribution in [1.29, 1.82) is 0 Å². The highest BCUT2D eigenvalue weighted by molar-refractivity contribution is 5.86. The molecule has 0 bridgehead atoms. The average Bonchev–Trinajstić information content (AvgIpc) is 3.48. The summed E-state index contributed by atoms with van der Waals surface area (Å²) in [6.45, 7) is 3.57. The van der Waals surface area contributed by atoms with Crippen molar-refractivity contribution in [2.24, 2.45) is 7.05 Å². The van der Waals surface area contributed by atoms with Crippen LogP contribution in [-0.4, -0.2) is 42.0 Å². The first-order valence-corrected chi connectivity index (χ1v) is 12.2. The summed E-state index contributed by atoms with van der Waals surface area (Å²) < 4.78 is 57.8. The third-order valence-electron chi connectivity index (χ3n) is 6.23. The number of fused-ring (bicyclic) bond motifs is 1. The SMILES string of the molecule is Cn1cnnc1-c1cc(F)ccc1-c1cccc(-c2nc3cc(CNCC(C)(C)O)cc(C(F)(F)F)c3[nH]2)c1. The number of aryl methyl sites for hydroxylation is 1. The van der Waals surface area contributed by atoms with Crippen molar-refractivity contribution in [2.75, 3.05) is 6.54 Å². The van der Waals surface area contributed by atoms with Gasteiger partial charge in [0.05, 0.1) is 22.2 Å². The Labute approximate surface area is 221 Å². The van der Waals surface area contributed by atoms with E-state index in [1.54, 1.807) is 55.8 Å². The summed E-state index contributed by atoms with van der Waals surface area (Å²) in [5, 5.41) is 20.9. The third-order valence-corrected chi connectivity index (χ3v) is 6.23. The van der Waals surface area contributed by atoms with Gasteiger partial charge in [-0.3, -0.25) is 0 Å². The number of aliphatic hydroxyl groups is 1. The van der Waals surface area contributed by atoms with Gasteiger partial charge in [0, 0.05) is 31.3 Å². The minimum absolute atomic E-state index is 0.115. The second-order valence-electron chi connectivity index (χ2n) is 10.1. The second kappa shape index (κ2) is 9.90. The lowest BCUT2D eigenvalue weighted by Gasteiger charge is -2.18. The molecule has 5 aromatic rings. The number of halogens is 4. The monoisotopic (exact) mass is 538 g/mol. The fraction of sp³-hybridized carbons (Fsp3) is 0.250. The van der Waals surface area contributed by atoms with Crippen LogP contribution in [0, 0.1) is 5.82 Å². The molecule has 0 radical (unpaired) electrons. The van der Waals surface area contributed by atoms with Gasteiger partial charge in [-0.15, -0.1) is 10.2 Å². The molecule has 0 unspecified atom stereocenters. The first-order chi connectivity index (χ1) is 18.4. The fourth-order valence-electron chi connectivity index (χ4n) is 4.46. The minimum Gasteiger partial charge on any atom is -0.389 e. The summed E-state index contributed by atoms with van der Waals surface area (Å²) in [4.78, 5) is 7.35. The van der Waals surface area contributed by atoms with Crippen LogP contribution < -0.4 is 5.32 Å². The molecule has 0 aliphatic heterocycles. The summed E-state index contributed by atoms with van der Waals surface area (Å²) in [6.07, 6.45) is -3.09. The van der Waals surface area contributed by atoms with Gasteiger partial charge in [0.25, 0.3) is 0 Å². The molecule has 0 saturated carbocycles. The van der Waals surface area contributed by atoms with Gasteiger partial charge in [-0.25, -0.2) is 9.37 Å². The Morgan fingerprint density at radius 1 is 1.00 bits per heavy atom. The Morgan fingerprint density at radius 3 is 2.46 bits per heavy atom. The lowest BCUT2D eigenvalue weighted by Crippen LogP contribution is -2.34.